The summed E-state index contributed by atoms with van der Waals surface area (Å²) in [6.07, 6.45) is 3.24. The van der Waals surface area contributed by atoms with Crippen LogP contribution in [0.4, 0.5) is 0 Å². The van der Waals surface area contributed by atoms with Crippen LogP contribution >= 0.6 is 11.3 Å². The van der Waals surface area contributed by atoms with Crippen LogP contribution in [0.2, 0.25) is 0 Å². The molecule has 3 rings (SSSR count). The summed E-state index contributed by atoms with van der Waals surface area (Å²) in [5.41, 5.74) is 2.35. The number of carbonyl (C=O) groups is 2. The highest BCUT2D eigenvalue weighted by Gasteiger charge is 2.34. The summed E-state index contributed by atoms with van der Waals surface area (Å²) in [4.78, 5) is 31.0. The number of hydrogen-bond acceptors (Lipinski definition) is 3. The highest BCUT2D eigenvalue weighted by atomic mass is 32.1. The van der Waals surface area contributed by atoms with Crippen LogP contribution in [0.3, 0.4) is 0 Å². The van der Waals surface area contributed by atoms with Crippen LogP contribution < -0.4 is 0 Å². The first kappa shape index (κ1) is 20.6. The van der Waals surface area contributed by atoms with Crippen LogP contribution in [0.1, 0.15) is 62.1 Å². The molecule has 0 unspecified atom stereocenters. The van der Waals surface area contributed by atoms with E-state index in [0.29, 0.717) is 13.0 Å². The Morgan fingerprint density at radius 2 is 1.96 bits per heavy atom. The van der Waals surface area contributed by atoms with Gasteiger partial charge in [-0.05, 0) is 49.3 Å². The van der Waals surface area contributed by atoms with Gasteiger partial charge in [0.25, 0.3) is 0 Å². The van der Waals surface area contributed by atoms with Gasteiger partial charge in [0.05, 0.1) is 6.04 Å². The minimum Gasteiger partial charge on any atom is -0.331 e. The van der Waals surface area contributed by atoms with E-state index >= 15 is 0 Å². The molecule has 0 fully saturated rings. The van der Waals surface area contributed by atoms with Gasteiger partial charge >= 0.3 is 0 Å². The van der Waals surface area contributed by atoms with Gasteiger partial charge in [0.1, 0.15) is 6.54 Å². The minimum atomic E-state index is -0.0662. The van der Waals surface area contributed by atoms with Crippen molar-refractivity contribution < 1.29 is 9.59 Å². The fraction of sp³-hybridized carbons (Fsp3) is 0.478. The third-order valence-electron chi connectivity index (χ3n) is 5.40. The van der Waals surface area contributed by atoms with Crippen LogP contribution in [0.15, 0.2) is 41.8 Å². The zero-order chi connectivity index (χ0) is 20.1. The van der Waals surface area contributed by atoms with Gasteiger partial charge in [0.15, 0.2) is 0 Å². The molecule has 5 heteroatoms. The standard InChI is InChI=1S/C23H30N2O2S/c1-4-5-11-21(26)25(17(2)3)16-22(27)24-14-12-20-19(13-15-28-20)23(24)18-9-7-6-8-10-18/h6-10,13,15,17,23H,4-5,11-12,14,16H2,1-3H3/t23-/m1/s1. The van der Waals surface area contributed by atoms with Crippen molar-refractivity contribution in [3.05, 3.63) is 57.8 Å². The van der Waals surface area contributed by atoms with Crippen LogP contribution in [0.25, 0.3) is 0 Å². The molecule has 0 saturated carbocycles. The van der Waals surface area contributed by atoms with Crippen molar-refractivity contribution in [2.45, 2.75) is 58.5 Å². The Bertz CT molecular complexity index is 800. The Labute approximate surface area is 172 Å². The average molecular weight is 399 g/mol. The average Bonchev–Trinajstić information content (AvgIpc) is 3.18. The van der Waals surface area contributed by atoms with E-state index in [-0.39, 0.29) is 30.4 Å². The fourth-order valence-electron chi connectivity index (χ4n) is 3.85. The summed E-state index contributed by atoms with van der Waals surface area (Å²) in [6.45, 7) is 6.90. The highest BCUT2D eigenvalue weighted by molar-refractivity contribution is 7.10. The van der Waals surface area contributed by atoms with Crippen molar-refractivity contribution in [1.29, 1.82) is 0 Å². The van der Waals surface area contributed by atoms with E-state index in [1.165, 1.54) is 10.4 Å². The number of nitrogens with zero attached hydrogens (tertiary/aromatic N) is 2. The van der Waals surface area contributed by atoms with E-state index < -0.39 is 0 Å². The van der Waals surface area contributed by atoms with Gasteiger partial charge in [0, 0.05) is 23.9 Å². The van der Waals surface area contributed by atoms with E-state index in [0.717, 1.165) is 24.8 Å². The number of amides is 2. The molecule has 0 spiro atoms. The smallest absolute Gasteiger partial charge is 0.243 e. The molecule has 1 aromatic carbocycles. The second kappa shape index (κ2) is 9.37. The third kappa shape index (κ3) is 4.46. The maximum Gasteiger partial charge on any atom is 0.243 e. The minimum absolute atomic E-state index is 0.0185. The van der Waals surface area contributed by atoms with Crippen molar-refractivity contribution >= 4 is 23.2 Å². The lowest BCUT2D eigenvalue weighted by Crippen LogP contribution is -2.48. The molecular formula is C23H30N2O2S. The number of unbranched alkanes of at least 4 members (excludes halogenated alkanes) is 1. The quantitative estimate of drug-likeness (QED) is 0.681. The van der Waals surface area contributed by atoms with Gasteiger partial charge in [0.2, 0.25) is 11.8 Å². The Morgan fingerprint density at radius 1 is 1.21 bits per heavy atom. The van der Waals surface area contributed by atoms with E-state index in [9.17, 15) is 9.59 Å². The fourth-order valence-corrected chi connectivity index (χ4v) is 4.75. The van der Waals surface area contributed by atoms with Crippen molar-refractivity contribution in [3.8, 4) is 0 Å². The molecule has 2 heterocycles. The zero-order valence-electron chi connectivity index (χ0n) is 17.1. The second-order valence-electron chi connectivity index (χ2n) is 7.67. The van der Waals surface area contributed by atoms with E-state index in [2.05, 4.69) is 30.5 Å². The van der Waals surface area contributed by atoms with Crippen molar-refractivity contribution in [2.75, 3.05) is 13.1 Å². The summed E-state index contributed by atoms with van der Waals surface area (Å²) in [5, 5.41) is 2.11. The molecule has 28 heavy (non-hydrogen) atoms. The first-order valence-corrected chi connectivity index (χ1v) is 11.1. The largest absolute Gasteiger partial charge is 0.331 e. The Kier molecular flexibility index (Phi) is 6.89. The van der Waals surface area contributed by atoms with E-state index in [4.69, 9.17) is 0 Å². The predicted octanol–water partition coefficient (Wildman–Crippen LogP) is 4.65. The molecule has 0 aliphatic carbocycles. The summed E-state index contributed by atoms with van der Waals surface area (Å²) in [6, 6.07) is 12.3. The molecule has 2 amide bonds. The predicted molar refractivity (Wildman–Crippen MR) is 114 cm³/mol. The van der Waals surface area contributed by atoms with Gasteiger partial charge < -0.3 is 9.80 Å². The molecule has 1 aliphatic rings. The maximum atomic E-state index is 13.3. The van der Waals surface area contributed by atoms with Crippen LogP contribution in [0.5, 0.6) is 0 Å². The molecule has 1 aliphatic heterocycles. The van der Waals surface area contributed by atoms with Gasteiger partial charge in [-0.1, -0.05) is 43.7 Å². The van der Waals surface area contributed by atoms with Gasteiger partial charge in [-0.3, -0.25) is 9.59 Å². The second-order valence-corrected chi connectivity index (χ2v) is 8.67. The Morgan fingerprint density at radius 3 is 2.64 bits per heavy atom. The lowest BCUT2D eigenvalue weighted by atomic mass is 9.93. The topological polar surface area (TPSA) is 40.6 Å². The van der Waals surface area contributed by atoms with Gasteiger partial charge in [-0.25, -0.2) is 0 Å². The number of hydrogen-bond donors (Lipinski definition) is 0. The van der Waals surface area contributed by atoms with Crippen LogP contribution in [0, 0.1) is 0 Å². The highest BCUT2D eigenvalue weighted by Crippen LogP contribution is 2.37. The Hall–Kier alpha value is -2.14. The molecule has 4 nitrogen and oxygen atoms in total. The third-order valence-corrected chi connectivity index (χ3v) is 6.39. The summed E-state index contributed by atoms with van der Waals surface area (Å²) in [5.74, 6) is 0.110. The molecular weight excluding hydrogens is 368 g/mol. The molecule has 1 aromatic heterocycles. The number of thiophene rings is 1. The normalized spacial score (nSPS) is 16.1. The molecule has 0 saturated heterocycles. The number of carbonyl (C=O) groups excluding carboxylic acids is 2. The molecule has 2 aromatic rings. The molecule has 150 valence electrons. The number of fused-ring (bicyclic) bond motifs is 1. The molecule has 0 N–H and O–H groups in total. The summed E-state index contributed by atoms with van der Waals surface area (Å²) in [7, 11) is 0. The molecule has 0 radical (unpaired) electrons. The number of rotatable bonds is 7. The summed E-state index contributed by atoms with van der Waals surface area (Å²) < 4.78 is 0. The monoisotopic (exact) mass is 398 g/mol. The van der Waals surface area contributed by atoms with Crippen molar-refractivity contribution in [2.24, 2.45) is 0 Å². The SMILES string of the molecule is CCCCC(=O)N(CC(=O)N1CCc2sccc2[C@H]1c1ccccc1)C(C)C. The van der Waals surface area contributed by atoms with Crippen molar-refractivity contribution in [1.82, 2.24) is 9.80 Å². The Balaban J connectivity index is 1.84. The molecule has 1 atom stereocenters. The van der Waals surface area contributed by atoms with Gasteiger partial charge in [-0.15, -0.1) is 11.3 Å². The maximum absolute atomic E-state index is 13.3. The lowest BCUT2D eigenvalue weighted by molar-refractivity contribution is -0.143. The lowest BCUT2D eigenvalue weighted by Gasteiger charge is -2.38. The summed E-state index contributed by atoms with van der Waals surface area (Å²) >= 11 is 1.77. The first-order chi connectivity index (χ1) is 13.5. The first-order valence-electron chi connectivity index (χ1n) is 10.2. The van der Waals surface area contributed by atoms with Crippen LogP contribution in [-0.4, -0.2) is 40.7 Å². The van der Waals surface area contributed by atoms with Crippen molar-refractivity contribution in [3.63, 3.8) is 0 Å². The molecule has 0 bridgehead atoms. The van der Waals surface area contributed by atoms with Crippen LogP contribution in [-0.2, 0) is 16.0 Å². The van der Waals surface area contributed by atoms with Gasteiger partial charge in [-0.2, -0.15) is 0 Å². The number of benzene rings is 1. The van der Waals surface area contributed by atoms with E-state index in [1.807, 2.05) is 36.9 Å². The zero-order valence-corrected chi connectivity index (χ0v) is 17.9. The van der Waals surface area contributed by atoms with E-state index in [1.54, 1.807) is 16.2 Å².